The average molecular weight is 502 g/mol. The summed E-state index contributed by atoms with van der Waals surface area (Å²) < 4.78 is 32.3. The molecule has 7 nitrogen and oxygen atoms in total. The van der Waals surface area contributed by atoms with E-state index in [9.17, 15) is 8.78 Å². The van der Waals surface area contributed by atoms with Gasteiger partial charge in [-0.2, -0.15) is 0 Å². The van der Waals surface area contributed by atoms with Gasteiger partial charge in [0.25, 0.3) is 0 Å². The van der Waals surface area contributed by atoms with Gasteiger partial charge in [-0.15, -0.1) is 29.1 Å². The van der Waals surface area contributed by atoms with Crippen molar-refractivity contribution in [1.29, 1.82) is 0 Å². The molecule has 3 N–H and O–H groups in total. The first kappa shape index (κ1) is 21.8. The van der Waals surface area contributed by atoms with Crippen molar-refractivity contribution >= 4 is 29.9 Å². The normalized spacial score (nSPS) is 12.4. The van der Waals surface area contributed by atoms with Crippen molar-refractivity contribution in [2.75, 3.05) is 6.54 Å². The van der Waals surface area contributed by atoms with Gasteiger partial charge in [0.1, 0.15) is 24.0 Å². The van der Waals surface area contributed by atoms with Crippen molar-refractivity contribution in [3.05, 3.63) is 59.6 Å². The van der Waals surface area contributed by atoms with E-state index in [1.807, 2.05) is 6.92 Å². The number of hydrogen-bond acceptors (Lipinski definition) is 4. The van der Waals surface area contributed by atoms with Gasteiger partial charge in [0, 0.05) is 18.2 Å². The highest BCUT2D eigenvalue weighted by atomic mass is 127. The van der Waals surface area contributed by atoms with Crippen LogP contribution in [0.15, 0.2) is 46.0 Å². The molecule has 150 valence electrons. The molecule has 0 amide bonds. The number of furan rings is 1. The lowest BCUT2D eigenvalue weighted by Gasteiger charge is -2.18. The Morgan fingerprint density at radius 3 is 2.82 bits per heavy atom. The summed E-state index contributed by atoms with van der Waals surface area (Å²) in [6.45, 7) is 4.55. The summed E-state index contributed by atoms with van der Waals surface area (Å²) in [6, 6.07) is 6.62. The lowest BCUT2D eigenvalue weighted by atomic mass is 10.1. The van der Waals surface area contributed by atoms with E-state index in [2.05, 4.69) is 30.8 Å². The van der Waals surface area contributed by atoms with Crippen LogP contribution in [-0.4, -0.2) is 27.7 Å². The fourth-order valence-electron chi connectivity index (χ4n) is 2.49. The number of aromatic amines is 1. The van der Waals surface area contributed by atoms with Gasteiger partial charge in [-0.3, -0.25) is 5.10 Å². The van der Waals surface area contributed by atoms with Crippen LogP contribution in [0.2, 0.25) is 0 Å². The standard InChI is InChI=1S/C18H20F2N6O.HI/c1-3-21-18(23-11(2)13-7-6-12(19)9-14(13)20)22-10-16-24-17(26-25-16)15-5-4-8-27-15;/h4-9,11H,3,10H2,1-2H3,(H2,21,22,23)(H,24,25,26);1H. The molecule has 2 heterocycles. The van der Waals surface area contributed by atoms with Crippen molar-refractivity contribution in [1.82, 2.24) is 25.8 Å². The van der Waals surface area contributed by atoms with E-state index in [0.29, 0.717) is 35.5 Å². The molecular formula is C18H21F2IN6O. The molecule has 0 spiro atoms. The highest BCUT2D eigenvalue weighted by molar-refractivity contribution is 14.0. The first-order valence-corrected chi connectivity index (χ1v) is 8.51. The molecule has 3 rings (SSSR count). The fraction of sp³-hybridized carbons (Fsp3) is 0.278. The molecule has 3 aromatic rings. The first-order chi connectivity index (χ1) is 13.1. The second kappa shape index (κ2) is 10.2. The van der Waals surface area contributed by atoms with E-state index in [4.69, 9.17) is 4.42 Å². The van der Waals surface area contributed by atoms with Crippen LogP contribution >= 0.6 is 24.0 Å². The van der Waals surface area contributed by atoms with Crippen molar-refractivity contribution in [2.45, 2.75) is 26.4 Å². The highest BCUT2D eigenvalue weighted by Crippen LogP contribution is 2.18. The fourth-order valence-corrected chi connectivity index (χ4v) is 2.49. The first-order valence-electron chi connectivity index (χ1n) is 8.51. The molecule has 0 aliphatic carbocycles. The minimum atomic E-state index is -0.610. The molecule has 1 atom stereocenters. The molecule has 0 fully saturated rings. The summed E-state index contributed by atoms with van der Waals surface area (Å²) in [5, 5.41) is 13.1. The van der Waals surface area contributed by atoms with Crippen molar-refractivity contribution in [3.8, 4) is 11.6 Å². The number of hydrogen-bond donors (Lipinski definition) is 3. The van der Waals surface area contributed by atoms with E-state index >= 15 is 0 Å². The van der Waals surface area contributed by atoms with Gasteiger partial charge >= 0.3 is 0 Å². The van der Waals surface area contributed by atoms with Crippen LogP contribution in [0.25, 0.3) is 11.6 Å². The number of rotatable bonds is 6. The number of guanidine groups is 1. The van der Waals surface area contributed by atoms with E-state index in [1.165, 1.54) is 12.1 Å². The third-order valence-corrected chi connectivity index (χ3v) is 3.79. The van der Waals surface area contributed by atoms with E-state index in [1.54, 1.807) is 25.3 Å². The molecule has 0 bridgehead atoms. The quantitative estimate of drug-likeness (QED) is 0.271. The molecule has 0 aliphatic rings. The topological polar surface area (TPSA) is 91.1 Å². The third-order valence-electron chi connectivity index (χ3n) is 3.79. The van der Waals surface area contributed by atoms with Gasteiger partial charge in [0.2, 0.25) is 5.82 Å². The predicted octanol–water partition coefficient (Wildman–Crippen LogP) is 3.78. The average Bonchev–Trinajstić information content (AvgIpc) is 3.31. The Balaban J connectivity index is 0.00000280. The van der Waals surface area contributed by atoms with E-state index in [0.717, 1.165) is 6.07 Å². The van der Waals surface area contributed by atoms with Crippen LogP contribution in [0.5, 0.6) is 0 Å². The molecule has 1 unspecified atom stereocenters. The second-order valence-corrected chi connectivity index (χ2v) is 5.81. The van der Waals surface area contributed by atoms with E-state index in [-0.39, 0.29) is 30.5 Å². The molecule has 0 radical (unpaired) electrons. The number of aromatic nitrogens is 3. The van der Waals surface area contributed by atoms with Gasteiger partial charge < -0.3 is 15.1 Å². The summed E-state index contributed by atoms with van der Waals surface area (Å²) in [5.41, 5.74) is 0.349. The maximum absolute atomic E-state index is 14.0. The van der Waals surface area contributed by atoms with Crippen LogP contribution in [0, 0.1) is 11.6 Å². The van der Waals surface area contributed by atoms with Crippen LogP contribution in [0.3, 0.4) is 0 Å². The summed E-state index contributed by atoms with van der Waals surface area (Å²) >= 11 is 0. The Bertz CT molecular complexity index is 913. The van der Waals surface area contributed by atoms with Gasteiger partial charge in [0.15, 0.2) is 11.7 Å². The molecular weight excluding hydrogens is 481 g/mol. The van der Waals surface area contributed by atoms with Gasteiger partial charge in [-0.25, -0.2) is 18.8 Å². The number of H-pyrrole nitrogens is 1. The molecule has 2 aromatic heterocycles. The summed E-state index contributed by atoms with van der Waals surface area (Å²) in [6.07, 6.45) is 1.55. The minimum absolute atomic E-state index is 0. The summed E-state index contributed by atoms with van der Waals surface area (Å²) in [4.78, 5) is 8.75. The number of benzene rings is 1. The number of halogens is 3. The Morgan fingerprint density at radius 1 is 1.32 bits per heavy atom. The van der Waals surface area contributed by atoms with Crippen molar-refractivity contribution < 1.29 is 13.2 Å². The smallest absolute Gasteiger partial charge is 0.216 e. The molecule has 0 saturated heterocycles. The number of nitrogens with one attached hydrogen (secondary N) is 3. The maximum atomic E-state index is 14.0. The van der Waals surface area contributed by atoms with Crippen LogP contribution in [-0.2, 0) is 6.54 Å². The highest BCUT2D eigenvalue weighted by Gasteiger charge is 2.14. The van der Waals surface area contributed by atoms with Crippen molar-refractivity contribution in [3.63, 3.8) is 0 Å². The van der Waals surface area contributed by atoms with Gasteiger partial charge in [-0.1, -0.05) is 6.07 Å². The third kappa shape index (κ3) is 5.50. The van der Waals surface area contributed by atoms with Gasteiger partial charge in [-0.05, 0) is 32.0 Å². The zero-order valence-corrected chi connectivity index (χ0v) is 17.7. The van der Waals surface area contributed by atoms with Crippen molar-refractivity contribution in [2.24, 2.45) is 4.99 Å². The van der Waals surface area contributed by atoms with E-state index < -0.39 is 17.7 Å². The lowest BCUT2D eigenvalue weighted by Crippen LogP contribution is -2.39. The van der Waals surface area contributed by atoms with Gasteiger partial charge in [0.05, 0.1) is 12.3 Å². The largest absolute Gasteiger partial charge is 0.461 e. The second-order valence-electron chi connectivity index (χ2n) is 5.81. The Kier molecular flexibility index (Phi) is 7.91. The number of nitrogens with zero attached hydrogens (tertiary/aromatic N) is 3. The Labute approximate surface area is 178 Å². The zero-order chi connectivity index (χ0) is 19.2. The Morgan fingerprint density at radius 2 is 2.14 bits per heavy atom. The molecule has 10 heteroatoms. The molecule has 1 aromatic carbocycles. The molecule has 28 heavy (non-hydrogen) atoms. The maximum Gasteiger partial charge on any atom is 0.216 e. The molecule has 0 saturated carbocycles. The van der Waals surface area contributed by atoms with Crippen LogP contribution < -0.4 is 10.6 Å². The number of aliphatic imine (C=N–C) groups is 1. The zero-order valence-electron chi connectivity index (χ0n) is 15.4. The predicted molar refractivity (Wildman–Crippen MR) is 112 cm³/mol. The molecule has 0 aliphatic heterocycles. The summed E-state index contributed by atoms with van der Waals surface area (Å²) in [5.74, 6) is 0.826. The Hall–Kier alpha value is -2.50. The van der Waals surface area contributed by atoms with Crippen LogP contribution in [0.1, 0.15) is 31.3 Å². The van der Waals surface area contributed by atoms with Crippen LogP contribution in [0.4, 0.5) is 8.78 Å². The SMILES string of the molecule is CCNC(=NCc1nc(-c2ccco2)n[nH]1)NC(C)c1ccc(F)cc1F.I. The minimum Gasteiger partial charge on any atom is -0.461 e. The monoisotopic (exact) mass is 502 g/mol. The lowest BCUT2D eigenvalue weighted by molar-refractivity contribution is 0.550. The summed E-state index contributed by atoms with van der Waals surface area (Å²) in [7, 11) is 0.